The average Bonchev–Trinajstić information content (AvgIpc) is 3.67. The van der Waals surface area contributed by atoms with E-state index in [1.807, 2.05) is 0 Å². The summed E-state index contributed by atoms with van der Waals surface area (Å²) in [5.74, 6) is -7.84. The van der Waals surface area contributed by atoms with Crippen LogP contribution in [0.3, 0.4) is 0 Å². The molecule has 2 heterocycles. The second-order valence-electron chi connectivity index (χ2n) is 21.0. The number of hydrogen-bond donors (Lipinski definition) is 12. The standard InChI is InChI=1S/C59H77ClN10O13S2/c1-35(71)52-59(81)68-50(58(80)65-47(53(63)75)30-38-9-17-43(73)18-10-38)34-85-84-33-49(67-55(77)45(62)29-37-5-13-41(60)14-6-37)51(74)32-40(28-36-7-15-42(72)16-8-36)54(76)66-48(57(79)64-46(56(78)69-52)4-2-3-21-61)31-39-11-19-44(20-12-39)83-27-24-70-22-25-82-26-23-70/h5-20,35,40,45-50,52,71-73H,2-4,21-34,61-62H2,1H3,(H2,63,75)(H,64,79)(H,65,80)(H,66,76)(H,67,77)(H,68,81)(H,69,78)/t35-,40-,45+,46+,47-,48-,49-,50+,52+/m1/s1. The molecule has 26 heteroatoms. The lowest BCUT2D eigenvalue weighted by atomic mass is 9.90. The number of nitrogens with zero attached hydrogens (tertiary/aromatic N) is 1. The number of phenolic OH excluding ortho intramolecular Hbond substituents is 2. The molecule has 2 fully saturated rings. The minimum absolute atomic E-state index is 0.0110. The Kier molecular flexibility index (Phi) is 27.1. The Balaban J connectivity index is 1.36. The van der Waals surface area contributed by atoms with Crippen LogP contribution >= 0.6 is 33.2 Å². The molecule has 0 bridgehead atoms. The van der Waals surface area contributed by atoms with E-state index in [2.05, 4.69) is 36.8 Å². The SMILES string of the molecule is C[C@@H](O)[C@@H]1NC(=O)[C@H](CCCCN)NC(=O)[C@@H](Cc2ccc(OCCN3CCOCC3)cc2)NC(=O)[C@H](Cc2ccc(O)cc2)CC(=O)[C@H](NC(=O)[C@@H](N)Cc2ccc(Cl)cc2)CSSC[C@@H](C(=O)N[C@H](Cc2ccc(O)cc2)C(N)=O)NC1=O. The molecule has 2 saturated heterocycles. The molecule has 2 aliphatic heterocycles. The van der Waals surface area contributed by atoms with E-state index in [0.29, 0.717) is 72.2 Å². The van der Waals surface area contributed by atoms with Crippen molar-refractivity contribution in [3.05, 3.63) is 124 Å². The Bertz CT molecular complexity index is 2850. The molecule has 4 aromatic carbocycles. The van der Waals surface area contributed by atoms with Crippen LogP contribution < -0.4 is 53.8 Å². The number of Topliss-reactive ketones (excluding diaryl/α,β-unsaturated/α-hetero) is 1. The van der Waals surface area contributed by atoms with Crippen molar-refractivity contribution >= 4 is 80.3 Å². The molecule has 9 atom stereocenters. The number of nitrogens with two attached hydrogens (primary N) is 3. The van der Waals surface area contributed by atoms with Gasteiger partial charge in [0.25, 0.3) is 0 Å². The number of halogens is 1. The molecule has 6 rings (SSSR count). The molecule has 0 aromatic heterocycles. The molecule has 0 unspecified atom stereocenters. The Morgan fingerprint density at radius 3 is 1.95 bits per heavy atom. The lowest BCUT2D eigenvalue weighted by Gasteiger charge is -2.29. The Morgan fingerprint density at radius 1 is 0.741 bits per heavy atom. The molecular weight excluding hydrogens is 1160 g/mol. The maximum absolute atomic E-state index is 15.0. The summed E-state index contributed by atoms with van der Waals surface area (Å²) in [4.78, 5) is 117. The zero-order valence-electron chi connectivity index (χ0n) is 47.3. The van der Waals surface area contributed by atoms with Crippen LogP contribution in [0.25, 0.3) is 0 Å². The second kappa shape index (κ2) is 34.2. The highest BCUT2D eigenvalue weighted by molar-refractivity contribution is 8.76. The maximum Gasteiger partial charge on any atom is 0.245 e. The van der Waals surface area contributed by atoms with E-state index in [4.69, 9.17) is 38.3 Å². The maximum atomic E-state index is 15.0. The van der Waals surface area contributed by atoms with Gasteiger partial charge in [0.1, 0.15) is 54.1 Å². The van der Waals surface area contributed by atoms with Crippen LogP contribution in [0.5, 0.6) is 17.2 Å². The molecule has 0 radical (unpaired) electrons. The summed E-state index contributed by atoms with van der Waals surface area (Å²) in [5.41, 5.74) is 20.4. The zero-order valence-corrected chi connectivity index (χ0v) is 49.6. The largest absolute Gasteiger partial charge is 0.508 e. The van der Waals surface area contributed by atoms with E-state index in [-0.39, 0.29) is 61.7 Å². The number of hydrogen-bond acceptors (Lipinski definition) is 18. The molecular formula is C59H77ClN10O13S2. The number of carbonyl (C=O) groups excluding carboxylic acids is 8. The first kappa shape index (κ1) is 67.2. The van der Waals surface area contributed by atoms with Crippen LogP contribution in [0.4, 0.5) is 0 Å². The topological polar surface area (TPSA) is 369 Å². The number of amides is 7. The molecule has 460 valence electrons. The number of aliphatic hydroxyl groups is 1. The number of unbranched alkanes of at least 4 members (excludes halogenated alkanes) is 1. The van der Waals surface area contributed by atoms with Crippen LogP contribution in [-0.4, -0.2) is 173 Å². The van der Waals surface area contributed by atoms with Gasteiger partial charge in [-0.25, -0.2) is 0 Å². The predicted octanol–water partition coefficient (Wildman–Crippen LogP) is 0.934. The normalized spacial score (nSPS) is 21.8. The summed E-state index contributed by atoms with van der Waals surface area (Å²) < 4.78 is 11.5. The number of primary amides is 1. The third kappa shape index (κ3) is 22.4. The summed E-state index contributed by atoms with van der Waals surface area (Å²) in [6.07, 6.45) is -1.63. The van der Waals surface area contributed by atoms with Gasteiger partial charge in [-0.05, 0) is 116 Å². The molecule has 85 heavy (non-hydrogen) atoms. The lowest BCUT2D eigenvalue weighted by molar-refractivity contribution is -0.137. The first-order chi connectivity index (χ1) is 40.7. The van der Waals surface area contributed by atoms with Crippen molar-refractivity contribution in [2.45, 2.75) is 107 Å². The van der Waals surface area contributed by atoms with E-state index < -0.39 is 108 Å². The van der Waals surface area contributed by atoms with Crippen molar-refractivity contribution in [2.75, 3.05) is 57.5 Å². The van der Waals surface area contributed by atoms with Crippen LogP contribution in [-0.2, 0) is 68.8 Å². The van der Waals surface area contributed by atoms with Gasteiger partial charge in [-0.1, -0.05) is 81.7 Å². The van der Waals surface area contributed by atoms with E-state index >= 15 is 0 Å². The summed E-state index contributed by atoms with van der Waals surface area (Å²) in [7, 11) is 2.01. The van der Waals surface area contributed by atoms with Crippen molar-refractivity contribution in [1.82, 2.24) is 36.8 Å². The van der Waals surface area contributed by atoms with Gasteiger partial charge in [-0.2, -0.15) is 0 Å². The number of aliphatic hydroxyl groups excluding tert-OH is 1. The van der Waals surface area contributed by atoms with Crippen LogP contribution in [0, 0.1) is 5.92 Å². The van der Waals surface area contributed by atoms with Gasteiger partial charge in [0, 0.05) is 61.3 Å². The number of ether oxygens (including phenoxy) is 2. The van der Waals surface area contributed by atoms with E-state index in [1.165, 1.54) is 43.3 Å². The van der Waals surface area contributed by atoms with E-state index in [0.717, 1.165) is 34.7 Å². The fourth-order valence-electron chi connectivity index (χ4n) is 9.33. The van der Waals surface area contributed by atoms with Crippen LogP contribution in [0.15, 0.2) is 97.1 Å². The van der Waals surface area contributed by atoms with Gasteiger partial charge in [0.2, 0.25) is 41.4 Å². The molecule has 23 nitrogen and oxygen atoms in total. The highest BCUT2D eigenvalue weighted by Crippen LogP contribution is 2.26. The molecule has 2 aliphatic rings. The summed E-state index contributed by atoms with van der Waals surface area (Å²) in [6, 6.07) is 15.6. The number of rotatable bonds is 22. The van der Waals surface area contributed by atoms with Gasteiger partial charge in [0.15, 0.2) is 5.78 Å². The highest BCUT2D eigenvalue weighted by atomic mass is 35.5. The van der Waals surface area contributed by atoms with Gasteiger partial charge < -0.3 is 73.9 Å². The van der Waals surface area contributed by atoms with Crippen molar-refractivity contribution in [1.29, 1.82) is 0 Å². The molecule has 0 aliphatic carbocycles. The van der Waals surface area contributed by atoms with E-state index in [9.17, 15) is 53.7 Å². The summed E-state index contributed by atoms with van der Waals surface area (Å²) in [6.45, 7) is 5.41. The summed E-state index contributed by atoms with van der Waals surface area (Å²) in [5, 5.41) is 47.7. The van der Waals surface area contributed by atoms with Gasteiger partial charge >= 0.3 is 0 Å². The predicted molar refractivity (Wildman–Crippen MR) is 323 cm³/mol. The lowest BCUT2D eigenvalue weighted by Crippen LogP contribution is -2.62. The number of phenols is 2. The van der Waals surface area contributed by atoms with Crippen LogP contribution in [0.2, 0.25) is 5.02 Å². The fourth-order valence-corrected chi connectivity index (χ4v) is 11.8. The minimum Gasteiger partial charge on any atom is -0.508 e. The fraction of sp³-hybridized carbons (Fsp3) is 0.458. The Morgan fingerprint density at radius 2 is 1.32 bits per heavy atom. The smallest absolute Gasteiger partial charge is 0.245 e. The number of benzene rings is 4. The monoisotopic (exact) mass is 1230 g/mol. The quantitative estimate of drug-likeness (QED) is 0.0385. The first-order valence-electron chi connectivity index (χ1n) is 28.1. The third-order valence-electron chi connectivity index (χ3n) is 14.3. The number of aromatic hydroxyl groups is 2. The Labute approximate surface area is 506 Å². The number of morpholine rings is 1. The molecule has 7 amide bonds. The third-order valence-corrected chi connectivity index (χ3v) is 17.0. The van der Waals surface area contributed by atoms with Crippen LogP contribution in [0.1, 0.15) is 54.9 Å². The van der Waals surface area contributed by atoms with Crippen molar-refractivity contribution in [3.8, 4) is 17.2 Å². The van der Waals surface area contributed by atoms with Gasteiger partial charge in [0.05, 0.1) is 31.4 Å². The highest BCUT2D eigenvalue weighted by Gasteiger charge is 2.37. The molecule has 0 saturated carbocycles. The summed E-state index contributed by atoms with van der Waals surface area (Å²) >= 11 is 6.10. The van der Waals surface area contributed by atoms with Crippen molar-refractivity contribution in [3.63, 3.8) is 0 Å². The van der Waals surface area contributed by atoms with E-state index in [1.54, 1.807) is 60.7 Å². The first-order valence-corrected chi connectivity index (χ1v) is 31.0. The number of ketones is 1. The zero-order chi connectivity index (χ0) is 61.4. The average molecular weight is 1230 g/mol. The Hall–Kier alpha value is -6.97. The van der Waals surface area contributed by atoms with Gasteiger partial charge in [-0.15, -0.1) is 0 Å². The van der Waals surface area contributed by atoms with Crippen molar-refractivity contribution < 1.29 is 63.1 Å². The molecule has 0 spiro atoms. The second-order valence-corrected chi connectivity index (χ2v) is 24.0. The molecule has 15 N–H and O–H groups in total. The van der Waals surface area contributed by atoms with Crippen molar-refractivity contribution in [2.24, 2.45) is 23.1 Å². The van der Waals surface area contributed by atoms with Gasteiger partial charge in [-0.3, -0.25) is 43.3 Å². The minimum atomic E-state index is -1.73. The number of carbonyl (C=O) groups is 8. The molecule has 4 aromatic rings. The number of nitrogens with one attached hydrogen (secondary N) is 6.